The number of halogens is 1. The second-order valence-electron chi connectivity index (χ2n) is 15.2. The third-order valence-corrected chi connectivity index (χ3v) is 9.35. The number of phenols is 3. The van der Waals surface area contributed by atoms with Crippen molar-refractivity contribution in [1.82, 2.24) is 0 Å². The highest BCUT2D eigenvalue weighted by atomic mass is 35.5. The zero-order valence-corrected chi connectivity index (χ0v) is 41.5. The van der Waals surface area contributed by atoms with Crippen molar-refractivity contribution >= 4 is 35.5 Å². The van der Waals surface area contributed by atoms with Gasteiger partial charge in [0.1, 0.15) is 29.6 Å². The Kier molecular flexibility index (Phi) is 29.5. The van der Waals surface area contributed by atoms with E-state index in [4.69, 9.17) is 40.8 Å². The molecule has 2 unspecified atom stereocenters. The molecule has 0 amide bonds. The Bertz CT molecular complexity index is 2250. The molecule has 0 aromatic heterocycles. The molecular formula is C54H69ClO12. The Morgan fingerprint density at radius 1 is 0.567 bits per heavy atom. The summed E-state index contributed by atoms with van der Waals surface area (Å²) >= 11 is 5.32. The van der Waals surface area contributed by atoms with Gasteiger partial charge in [0.05, 0.1) is 42.1 Å². The smallest absolute Gasteiger partial charge is 0.338 e. The predicted molar refractivity (Wildman–Crippen MR) is 267 cm³/mol. The number of carbonyl (C=O) groups is 4. The molecule has 0 heterocycles. The third-order valence-electron chi connectivity index (χ3n) is 9.20. The second-order valence-corrected chi connectivity index (χ2v) is 15.6. The van der Waals surface area contributed by atoms with Crippen LogP contribution in [0.1, 0.15) is 141 Å². The molecule has 0 spiro atoms. The molecule has 0 aliphatic rings. The van der Waals surface area contributed by atoms with Crippen molar-refractivity contribution in [3.63, 3.8) is 0 Å². The van der Waals surface area contributed by atoms with Crippen LogP contribution < -0.4 is 4.74 Å². The number of rotatable bonds is 15. The van der Waals surface area contributed by atoms with Crippen molar-refractivity contribution in [2.24, 2.45) is 0 Å². The molecule has 0 saturated heterocycles. The van der Waals surface area contributed by atoms with Crippen molar-refractivity contribution in [3.8, 4) is 23.0 Å². The van der Waals surface area contributed by atoms with Crippen molar-refractivity contribution in [1.29, 1.82) is 0 Å². The molecule has 4 aromatic carbocycles. The molecule has 0 saturated carbocycles. The summed E-state index contributed by atoms with van der Waals surface area (Å²) in [5.74, 6) is -0.271. The average Bonchev–Trinajstić information content (AvgIpc) is 3.27. The highest BCUT2D eigenvalue weighted by molar-refractivity contribution is 6.18. The molecule has 0 fully saturated rings. The molecule has 67 heavy (non-hydrogen) atoms. The minimum atomic E-state index is -0.995. The van der Waals surface area contributed by atoms with Crippen LogP contribution in [-0.2, 0) is 14.2 Å². The lowest BCUT2D eigenvalue weighted by molar-refractivity contribution is 0.0516. The van der Waals surface area contributed by atoms with Gasteiger partial charge < -0.3 is 39.4 Å². The summed E-state index contributed by atoms with van der Waals surface area (Å²) in [5, 5.41) is 37.1. The first-order chi connectivity index (χ1) is 31.5. The number of carboxylic acids is 1. The number of carbonyl (C=O) groups excluding carboxylic acids is 3. The van der Waals surface area contributed by atoms with Crippen LogP contribution in [0.3, 0.4) is 0 Å². The molecule has 0 aliphatic heterocycles. The Hall–Kier alpha value is -6.79. The molecule has 0 aliphatic carbocycles. The van der Waals surface area contributed by atoms with Gasteiger partial charge in [-0.3, -0.25) is 0 Å². The quantitative estimate of drug-likeness (QED) is 0.0383. The maximum atomic E-state index is 11.6. The van der Waals surface area contributed by atoms with E-state index in [9.17, 15) is 29.4 Å². The minimum absolute atomic E-state index is 0.00405. The highest BCUT2D eigenvalue weighted by Gasteiger charge is 2.16. The van der Waals surface area contributed by atoms with E-state index in [0.717, 1.165) is 16.9 Å². The first kappa shape index (κ1) is 60.2. The number of aromatic carboxylic acids is 1. The van der Waals surface area contributed by atoms with E-state index in [-0.39, 0.29) is 52.6 Å². The van der Waals surface area contributed by atoms with E-state index in [1.165, 1.54) is 59.7 Å². The van der Waals surface area contributed by atoms with Crippen LogP contribution in [0.15, 0.2) is 133 Å². The van der Waals surface area contributed by atoms with Crippen molar-refractivity contribution < 1.29 is 58.6 Å². The van der Waals surface area contributed by atoms with Crippen LogP contribution >= 0.6 is 11.6 Å². The fourth-order valence-corrected chi connectivity index (χ4v) is 5.29. The fraction of sp³-hybridized carbons (Fsp3) is 0.333. The molecule has 364 valence electrons. The SMILES string of the molecule is C=C(C)C(C)c1cc(C(=O)O)ccc1O.C=C(C)C(C)c1cc(C(=O)OCC)ccc1O.CC(C)=CCCl.CCOC(=O)c1ccc(O)cc1.CCOC(=O)c1ccc(OCC=C(C)C)cc1. The molecule has 12 nitrogen and oxygen atoms in total. The van der Waals surface area contributed by atoms with Gasteiger partial charge in [0.2, 0.25) is 0 Å². The Morgan fingerprint density at radius 3 is 1.27 bits per heavy atom. The maximum absolute atomic E-state index is 11.6. The number of hydrogen-bond acceptors (Lipinski definition) is 11. The second kappa shape index (κ2) is 32.8. The van der Waals surface area contributed by atoms with Gasteiger partial charge in [-0.1, -0.05) is 55.4 Å². The van der Waals surface area contributed by atoms with Gasteiger partial charge in [-0.15, -0.1) is 11.6 Å². The van der Waals surface area contributed by atoms with Crippen LogP contribution in [0, 0.1) is 0 Å². The number of phenolic OH excluding ortho intramolecular Hbond substituents is 3. The monoisotopic (exact) mass is 944 g/mol. The molecule has 0 radical (unpaired) electrons. The van der Waals surface area contributed by atoms with E-state index in [2.05, 4.69) is 13.2 Å². The number of esters is 3. The molecule has 2 atom stereocenters. The largest absolute Gasteiger partial charge is 0.508 e. The normalized spacial score (nSPS) is 10.6. The van der Waals surface area contributed by atoms with Gasteiger partial charge >= 0.3 is 23.9 Å². The number of hydrogen-bond donors (Lipinski definition) is 4. The Morgan fingerprint density at radius 2 is 0.925 bits per heavy atom. The number of carboxylic acid groups (broad SMARTS) is 1. The standard InChI is InChI=1S/2C14H18O3.C12H14O3.C9H10O3.C5H9Cl/c1-5-17-14(16)11-6-7-13(15)12(8-11)10(4)9(2)3;1-4-16-14(15)12-5-7-13(8-6-12)17-10-9-11(2)3;1-7(2)8(3)10-6-9(12(14)15)4-5-11(10)13;1-2-12-9(11)7-3-5-8(10)6-4-7;1-5(2)3-4-6/h6-8,10,15H,2,5H2,1,3-4H3;5-9H,4,10H2,1-3H3;4-6,8,13H,1H2,2-3H3,(H,14,15);3-6,10H,2H2,1H3;3H,4H2,1-2H3. The summed E-state index contributed by atoms with van der Waals surface area (Å²) in [4.78, 5) is 44.8. The van der Waals surface area contributed by atoms with Crippen LogP contribution in [0.4, 0.5) is 0 Å². The highest BCUT2D eigenvalue weighted by Crippen LogP contribution is 2.32. The van der Waals surface area contributed by atoms with Gasteiger partial charge in [-0.2, -0.15) is 0 Å². The molecule has 0 bridgehead atoms. The lowest BCUT2D eigenvalue weighted by Gasteiger charge is -2.14. The van der Waals surface area contributed by atoms with Crippen molar-refractivity contribution in [2.75, 3.05) is 32.3 Å². The molecule has 13 heteroatoms. The van der Waals surface area contributed by atoms with Crippen LogP contribution in [0.2, 0.25) is 0 Å². The van der Waals surface area contributed by atoms with Gasteiger partial charge in [-0.25, -0.2) is 19.2 Å². The van der Waals surface area contributed by atoms with Crippen LogP contribution in [0.5, 0.6) is 23.0 Å². The van der Waals surface area contributed by atoms with Gasteiger partial charge in [0.15, 0.2) is 0 Å². The summed E-state index contributed by atoms with van der Waals surface area (Å²) in [5.41, 5.74) is 7.23. The lowest BCUT2D eigenvalue weighted by Crippen LogP contribution is -2.06. The van der Waals surface area contributed by atoms with Crippen molar-refractivity contribution in [3.05, 3.63) is 166 Å². The van der Waals surface area contributed by atoms with E-state index in [1.807, 2.05) is 67.5 Å². The van der Waals surface area contributed by atoms with Gasteiger partial charge in [0, 0.05) is 28.8 Å². The average molecular weight is 946 g/mol. The van der Waals surface area contributed by atoms with Crippen molar-refractivity contribution in [2.45, 2.75) is 88.0 Å². The topological polar surface area (TPSA) is 186 Å². The van der Waals surface area contributed by atoms with E-state index >= 15 is 0 Å². The summed E-state index contributed by atoms with van der Waals surface area (Å²) in [6.45, 7) is 30.2. The molecular weight excluding hydrogens is 876 g/mol. The number of ether oxygens (including phenoxy) is 4. The summed E-state index contributed by atoms with van der Waals surface area (Å²) < 4.78 is 20.0. The summed E-state index contributed by atoms with van der Waals surface area (Å²) in [6.07, 6.45) is 3.97. The first-order valence-corrected chi connectivity index (χ1v) is 22.1. The first-order valence-electron chi connectivity index (χ1n) is 21.6. The molecule has 4 aromatic rings. The summed E-state index contributed by atoms with van der Waals surface area (Å²) in [6, 6.07) is 21.9. The van der Waals surface area contributed by atoms with E-state index < -0.39 is 5.97 Å². The minimum Gasteiger partial charge on any atom is -0.508 e. The fourth-order valence-electron chi connectivity index (χ4n) is 4.98. The lowest BCUT2D eigenvalue weighted by atomic mass is 9.93. The molecule has 4 N–H and O–H groups in total. The zero-order valence-electron chi connectivity index (χ0n) is 40.8. The zero-order chi connectivity index (χ0) is 51.2. The van der Waals surface area contributed by atoms with Gasteiger partial charge in [-0.05, 0) is 153 Å². The van der Waals surface area contributed by atoms with Gasteiger partial charge in [0.25, 0.3) is 0 Å². The van der Waals surface area contributed by atoms with E-state index in [0.29, 0.717) is 60.1 Å². The van der Waals surface area contributed by atoms with Crippen LogP contribution in [-0.4, -0.2) is 76.6 Å². The predicted octanol–water partition coefficient (Wildman–Crippen LogP) is 13.0. The number of aromatic hydroxyl groups is 3. The van der Waals surface area contributed by atoms with Crippen LogP contribution in [0.25, 0.3) is 0 Å². The number of alkyl halides is 1. The third kappa shape index (κ3) is 24.4. The summed E-state index contributed by atoms with van der Waals surface area (Å²) in [7, 11) is 0. The Labute approximate surface area is 401 Å². The Balaban J connectivity index is 0.000000837. The number of allylic oxidation sites excluding steroid dienone is 5. The maximum Gasteiger partial charge on any atom is 0.338 e. The number of benzene rings is 4. The molecule has 4 rings (SSSR count). The van der Waals surface area contributed by atoms with E-state index in [1.54, 1.807) is 57.2 Å².